The average molecular weight is 959 g/mol. The van der Waals surface area contributed by atoms with Crippen LogP contribution in [0.25, 0.3) is 27.6 Å². The molecule has 0 bridgehead atoms. The Morgan fingerprint density at radius 1 is 0.576 bits per heavy atom. The zero-order valence-corrected chi connectivity index (χ0v) is 38.5. The normalized spacial score (nSPS) is 13.8. The van der Waals surface area contributed by atoms with E-state index in [4.69, 9.17) is 9.72 Å². The third kappa shape index (κ3) is 8.24. The van der Waals surface area contributed by atoms with E-state index in [1.165, 1.54) is 28.0 Å². The summed E-state index contributed by atoms with van der Waals surface area (Å²) in [6.07, 6.45) is 4.13. The number of hydrogen-bond donors (Lipinski definition) is 0. The molecule has 306 valence electrons. The van der Waals surface area contributed by atoms with Crippen LogP contribution in [0, 0.1) is 24.2 Å². The van der Waals surface area contributed by atoms with E-state index in [-0.39, 0.29) is 42.7 Å². The number of ether oxygens (including phenoxy) is 1. The molecule has 5 nitrogen and oxygen atoms in total. The third-order valence-corrected chi connectivity index (χ3v) is 11.5. The summed E-state index contributed by atoms with van der Waals surface area (Å²) in [5.41, 5.74) is 9.98. The topological polar surface area (TPSA) is 33.5 Å². The van der Waals surface area contributed by atoms with Gasteiger partial charge in [-0.05, 0) is 75.0 Å². The molecular weight excluding hydrogens is 904 g/mol. The number of benzene rings is 5. The van der Waals surface area contributed by atoms with Gasteiger partial charge in [0.2, 0.25) is 0 Å². The van der Waals surface area contributed by atoms with Crippen molar-refractivity contribution < 1.29 is 25.8 Å². The van der Waals surface area contributed by atoms with Crippen molar-refractivity contribution in [1.82, 2.24) is 9.55 Å². The van der Waals surface area contributed by atoms with Crippen molar-refractivity contribution in [2.45, 2.75) is 92.4 Å². The molecule has 0 spiro atoms. The first-order valence-corrected chi connectivity index (χ1v) is 20.4. The van der Waals surface area contributed by atoms with Gasteiger partial charge in [-0.3, -0.25) is 0 Å². The number of pyridine rings is 1. The maximum atomic E-state index is 6.63. The summed E-state index contributed by atoms with van der Waals surface area (Å²) >= 11 is 0. The Balaban J connectivity index is 0.00000528. The molecule has 0 fully saturated rings. The molecule has 7 aromatic rings. The van der Waals surface area contributed by atoms with Crippen LogP contribution in [0.1, 0.15) is 98.4 Å². The molecule has 0 amide bonds. The van der Waals surface area contributed by atoms with Gasteiger partial charge >= 0.3 is 0 Å². The van der Waals surface area contributed by atoms with Crippen molar-refractivity contribution in [3.05, 3.63) is 174 Å². The van der Waals surface area contributed by atoms with Crippen LogP contribution in [0.4, 0.5) is 11.4 Å². The molecule has 0 unspecified atom stereocenters. The van der Waals surface area contributed by atoms with E-state index in [1.807, 2.05) is 24.4 Å². The minimum absolute atomic E-state index is 0. The second-order valence-electron chi connectivity index (χ2n) is 19.3. The van der Waals surface area contributed by atoms with E-state index in [1.54, 1.807) is 0 Å². The number of allylic oxidation sites excluding steroid dienone is 1. The molecule has 8 rings (SSSR count). The van der Waals surface area contributed by atoms with Crippen LogP contribution in [0.5, 0.6) is 11.5 Å². The molecule has 1 aliphatic heterocycles. The van der Waals surface area contributed by atoms with Crippen LogP contribution in [0.3, 0.4) is 0 Å². The molecule has 0 saturated carbocycles. The predicted octanol–water partition coefficient (Wildman–Crippen LogP) is 13.8. The zero-order valence-electron chi connectivity index (χ0n) is 36.2. The molecule has 0 aliphatic carbocycles. The average Bonchev–Trinajstić information content (AvgIpc) is 3.78. The van der Waals surface area contributed by atoms with E-state index in [0.29, 0.717) is 11.5 Å². The Bertz CT molecular complexity index is 2670. The quantitative estimate of drug-likeness (QED) is 0.149. The Kier molecular flexibility index (Phi) is 11.0. The molecule has 0 saturated heterocycles. The van der Waals surface area contributed by atoms with E-state index < -0.39 is 0 Å². The van der Waals surface area contributed by atoms with Crippen molar-refractivity contribution in [3.8, 4) is 17.3 Å². The van der Waals surface area contributed by atoms with Crippen LogP contribution >= 0.6 is 0 Å². The summed E-state index contributed by atoms with van der Waals surface area (Å²) in [5.74, 6) is 2.08. The first-order chi connectivity index (χ1) is 27.4. The van der Waals surface area contributed by atoms with E-state index in [2.05, 4.69) is 213 Å². The smallest absolute Gasteiger partial charge is 0.135 e. The van der Waals surface area contributed by atoms with Crippen LogP contribution in [-0.2, 0) is 37.3 Å². The van der Waals surface area contributed by atoms with Gasteiger partial charge < -0.3 is 19.1 Å². The summed E-state index contributed by atoms with van der Waals surface area (Å²) in [7, 11) is 0. The van der Waals surface area contributed by atoms with Crippen LogP contribution in [0.15, 0.2) is 133 Å². The molecule has 6 heteroatoms. The Morgan fingerprint density at radius 2 is 1.25 bits per heavy atom. The summed E-state index contributed by atoms with van der Waals surface area (Å²) in [4.78, 5) is 9.37. The first-order valence-electron chi connectivity index (χ1n) is 20.4. The van der Waals surface area contributed by atoms with Gasteiger partial charge in [-0.1, -0.05) is 136 Å². The second kappa shape index (κ2) is 15.5. The molecule has 5 aromatic carbocycles. The molecule has 0 radical (unpaired) electrons. The standard InChI is InChI=1S/C53H55N4O.Pt/c1-50(2,3)37-19-15-21-41(29-37)56-35-55(34-48(56)52(7,8)9)40-20-16-22-42(32-40)58-43-24-25-44-45-30-39(53(10,11)36-17-13-12-14-18-36)23-26-46(45)57(47(44)33-43)49-31-38(27-28-54-49)51(4,5)6;/h12-31,34-35H,1-11H3;/q-3;. The van der Waals surface area contributed by atoms with Crippen LogP contribution in [0.2, 0.25) is 0 Å². The Hall–Kier alpha value is -5.12. The van der Waals surface area contributed by atoms with Gasteiger partial charge in [0, 0.05) is 66.5 Å². The number of aromatic nitrogens is 2. The summed E-state index contributed by atoms with van der Waals surface area (Å²) < 4.78 is 8.86. The van der Waals surface area contributed by atoms with Crippen LogP contribution < -0.4 is 14.5 Å². The fraction of sp³-hybridized carbons (Fsp3) is 0.283. The van der Waals surface area contributed by atoms with Gasteiger partial charge in [-0.2, -0.15) is 12.1 Å². The van der Waals surface area contributed by atoms with Gasteiger partial charge in [-0.25, -0.2) is 4.98 Å². The number of nitrogens with zero attached hydrogens (tertiary/aromatic N) is 4. The maximum absolute atomic E-state index is 6.63. The number of fused-ring (bicyclic) bond motifs is 3. The minimum atomic E-state index is -0.189. The summed E-state index contributed by atoms with van der Waals surface area (Å²) in [5, 5.41) is 2.25. The maximum Gasteiger partial charge on any atom is 0.135 e. The largest absolute Gasteiger partial charge is 0.509 e. The molecule has 0 atom stereocenters. The molecule has 0 N–H and O–H groups in total. The SMILES string of the molecule is CC(C)(C)C1=CN(c2[c-]c(Oc3[c-]c4c(cc3)c3cc(C(C)(C)c5ccccc5)ccc3n4-c3cc(C(C)(C)C)ccn3)ccc2)[CH-]N1c1cccc(C(C)(C)C)c1.[Pt]. The third-order valence-electron chi connectivity index (χ3n) is 11.5. The van der Waals surface area contributed by atoms with Crippen molar-refractivity contribution in [1.29, 1.82) is 0 Å². The molecule has 1 aliphatic rings. The molecule has 3 heterocycles. The molecule has 59 heavy (non-hydrogen) atoms. The summed E-state index contributed by atoms with van der Waals surface area (Å²) in [6, 6.07) is 48.2. The van der Waals surface area contributed by atoms with Crippen molar-refractivity contribution in [2.24, 2.45) is 5.41 Å². The molecular formula is C53H55N4OPt-3. The fourth-order valence-corrected chi connectivity index (χ4v) is 7.83. The van der Waals surface area contributed by atoms with Gasteiger partial charge in [-0.15, -0.1) is 48.1 Å². The number of rotatable bonds is 7. The zero-order chi connectivity index (χ0) is 41.2. The Morgan fingerprint density at radius 3 is 1.97 bits per heavy atom. The van der Waals surface area contributed by atoms with E-state index in [9.17, 15) is 0 Å². The first kappa shape index (κ1) is 42.0. The van der Waals surface area contributed by atoms with Crippen LogP contribution in [-0.4, -0.2) is 9.55 Å². The number of hydrogen-bond acceptors (Lipinski definition) is 4. The number of anilines is 2. The monoisotopic (exact) mass is 958 g/mol. The van der Waals surface area contributed by atoms with E-state index in [0.717, 1.165) is 39.0 Å². The fourth-order valence-electron chi connectivity index (χ4n) is 7.83. The van der Waals surface area contributed by atoms with Crippen molar-refractivity contribution >= 4 is 33.2 Å². The van der Waals surface area contributed by atoms with E-state index >= 15 is 0 Å². The summed E-state index contributed by atoms with van der Waals surface area (Å²) in [6.45, 7) is 27.0. The van der Waals surface area contributed by atoms with Crippen molar-refractivity contribution in [3.63, 3.8) is 0 Å². The van der Waals surface area contributed by atoms with Gasteiger partial charge in [0.25, 0.3) is 0 Å². The Labute approximate surface area is 366 Å². The van der Waals surface area contributed by atoms with Gasteiger partial charge in [0.15, 0.2) is 0 Å². The predicted molar refractivity (Wildman–Crippen MR) is 242 cm³/mol. The van der Waals surface area contributed by atoms with Crippen molar-refractivity contribution in [2.75, 3.05) is 9.80 Å². The molecule has 2 aromatic heterocycles. The second-order valence-corrected chi connectivity index (χ2v) is 19.3. The minimum Gasteiger partial charge on any atom is -0.509 e. The van der Waals surface area contributed by atoms with Gasteiger partial charge in [0.05, 0.1) is 0 Å². The van der Waals surface area contributed by atoms with Gasteiger partial charge in [0.1, 0.15) is 5.82 Å².